The van der Waals surface area contributed by atoms with Crippen LogP contribution >= 0.6 is 11.3 Å². The van der Waals surface area contributed by atoms with Gasteiger partial charge in [-0.2, -0.15) is 0 Å². The van der Waals surface area contributed by atoms with Gasteiger partial charge in [0, 0.05) is 43.0 Å². The fraction of sp³-hybridized carbons (Fsp3) is 0.586. The van der Waals surface area contributed by atoms with Crippen LogP contribution in [0.15, 0.2) is 35.7 Å². The molecule has 1 saturated heterocycles. The average molecular weight is 496 g/mol. The van der Waals surface area contributed by atoms with Crippen LogP contribution < -0.4 is 0 Å². The Kier molecular flexibility index (Phi) is 8.66. The van der Waals surface area contributed by atoms with Crippen molar-refractivity contribution >= 4 is 23.2 Å². The lowest BCUT2D eigenvalue weighted by molar-refractivity contribution is -0.146. The zero-order chi connectivity index (χ0) is 24.9. The molecule has 2 aliphatic rings. The fourth-order valence-electron chi connectivity index (χ4n) is 5.77. The number of hydrogen-bond donors (Lipinski definition) is 0. The van der Waals surface area contributed by atoms with Gasteiger partial charge in [-0.05, 0) is 61.2 Å². The molecular formula is C29H41N3O2S. The highest BCUT2D eigenvalue weighted by atomic mass is 32.1. The number of aryl methyl sites for hydroxylation is 1. The number of fused-ring (bicyclic) bond motifs is 1. The summed E-state index contributed by atoms with van der Waals surface area (Å²) in [6.45, 7) is 11.8. The Labute approximate surface area is 215 Å². The maximum atomic E-state index is 13.5. The Balaban J connectivity index is 1.43. The summed E-state index contributed by atoms with van der Waals surface area (Å²) in [7, 11) is 0. The third kappa shape index (κ3) is 5.64. The Morgan fingerprint density at radius 3 is 2.60 bits per heavy atom. The van der Waals surface area contributed by atoms with E-state index in [1.165, 1.54) is 21.6 Å². The second kappa shape index (κ2) is 11.7. The Morgan fingerprint density at radius 1 is 1.09 bits per heavy atom. The van der Waals surface area contributed by atoms with E-state index in [-0.39, 0.29) is 29.8 Å². The molecule has 0 bridgehead atoms. The number of piperazine rings is 1. The van der Waals surface area contributed by atoms with E-state index in [9.17, 15) is 9.59 Å². The van der Waals surface area contributed by atoms with Crippen LogP contribution in [0.2, 0.25) is 0 Å². The zero-order valence-corrected chi connectivity index (χ0v) is 22.7. The van der Waals surface area contributed by atoms with Gasteiger partial charge in [-0.3, -0.25) is 14.5 Å². The smallest absolute Gasteiger partial charge is 0.236 e. The molecule has 2 amide bonds. The lowest BCUT2D eigenvalue weighted by Crippen LogP contribution is -2.58. The lowest BCUT2D eigenvalue weighted by Gasteiger charge is -2.43. The van der Waals surface area contributed by atoms with Crippen molar-refractivity contribution in [1.29, 1.82) is 0 Å². The van der Waals surface area contributed by atoms with Gasteiger partial charge >= 0.3 is 0 Å². The molecule has 190 valence electrons. The topological polar surface area (TPSA) is 43.9 Å². The number of unbranched alkanes of at least 4 members (excludes halogenated alkanes) is 1. The maximum Gasteiger partial charge on any atom is 0.236 e. The first-order chi connectivity index (χ1) is 16.9. The van der Waals surface area contributed by atoms with Crippen molar-refractivity contribution in [2.75, 3.05) is 32.7 Å². The molecule has 3 atom stereocenters. The minimum absolute atomic E-state index is 0.0628. The third-order valence-corrected chi connectivity index (χ3v) is 8.90. The van der Waals surface area contributed by atoms with Gasteiger partial charge in [-0.15, -0.1) is 11.3 Å². The van der Waals surface area contributed by atoms with E-state index in [1.54, 1.807) is 0 Å². The van der Waals surface area contributed by atoms with Crippen molar-refractivity contribution in [3.05, 3.63) is 57.3 Å². The van der Waals surface area contributed by atoms with Crippen molar-refractivity contribution in [2.45, 2.75) is 71.9 Å². The van der Waals surface area contributed by atoms with Crippen LogP contribution in [0.4, 0.5) is 0 Å². The summed E-state index contributed by atoms with van der Waals surface area (Å²) in [4.78, 5) is 34.5. The molecule has 2 aromatic rings. The van der Waals surface area contributed by atoms with Crippen LogP contribution in [0.1, 0.15) is 74.1 Å². The van der Waals surface area contributed by atoms with E-state index in [4.69, 9.17) is 0 Å². The average Bonchev–Trinajstić information content (AvgIpc) is 3.33. The number of hydrogen-bond acceptors (Lipinski definition) is 4. The second-order valence-electron chi connectivity index (χ2n) is 10.2. The minimum atomic E-state index is 0.0628. The summed E-state index contributed by atoms with van der Waals surface area (Å²) in [6, 6.07) is 11.0. The van der Waals surface area contributed by atoms with Gasteiger partial charge in [0.25, 0.3) is 0 Å². The lowest BCUT2D eigenvalue weighted by atomic mass is 9.90. The van der Waals surface area contributed by atoms with Crippen molar-refractivity contribution < 1.29 is 9.59 Å². The van der Waals surface area contributed by atoms with E-state index in [0.717, 1.165) is 38.6 Å². The van der Waals surface area contributed by atoms with Gasteiger partial charge in [0.1, 0.15) is 0 Å². The molecule has 35 heavy (non-hydrogen) atoms. The quantitative estimate of drug-likeness (QED) is 0.500. The molecule has 1 fully saturated rings. The zero-order valence-electron chi connectivity index (χ0n) is 21.8. The molecule has 2 aliphatic heterocycles. The van der Waals surface area contributed by atoms with Crippen LogP contribution in [-0.4, -0.2) is 65.3 Å². The number of amides is 2. The van der Waals surface area contributed by atoms with E-state index in [1.807, 2.05) is 21.1 Å². The molecule has 1 aromatic carbocycles. The monoisotopic (exact) mass is 495 g/mol. The van der Waals surface area contributed by atoms with Crippen LogP contribution in [0.5, 0.6) is 0 Å². The molecular weight excluding hydrogens is 454 g/mol. The van der Waals surface area contributed by atoms with Crippen LogP contribution in [0, 0.1) is 12.8 Å². The summed E-state index contributed by atoms with van der Waals surface area (Å²) < 4.78 is 0. The van der Waals surface area contributed by atoms with Gasteiger partial charge in [0.15, 0.2) is 0 Å². The first-order valence-corrected chi connectivity index (χ1v) is 14.3. The van der Waals surface area contributed by atoms with Gasteiger partial charge < -0.3 is 9.80 Å². The molecule has 0 unspecified atom stereocenters. The number of benzene rings is 1. The molecule has 0 aliphatic carbocycles. The largest absolute Gasteiger partial charge is 0.338 e. The van der Waals surface area contributed by atoms with E-state index < -0.39 is 0 Å². The van der Waals surface area contributed by atoms with Crippen molar-refractivity contribution in [2.24, 2.45) is 5.92 Å². The Morgan fingerprint density at radius 2 is 1.89 bits per heavy atom. The number of carbonyl (C=O) groups is 2. The normalized spacial score (nSPS) is 21.6. The number of carbonyl (C=O) groups excluding carboxylic acids is 2. The summed E-state index contributed by atoms with van der Waals surface area (Å²) >= 11 is 1.83. The number of nitrogens with zero attached hydrogens (tertiary/aromatic N) is 3. The van der Waals surface area contributed by atoms with Crippen molar-refractivity contribution in [3.63, 3.8) is 0 Å². The summed E-state index contributed by atoms with van der Waals surface area (Å²) in [6.07, 6.45) is 5.08. The molecule has 0 spiro atoms. The van der Waals surface area contributed by atoms with Gasteiger partial charge in [-0.1, -0.05) is 51.0 Å². The van der Waals surface area contributed by atoms with Crippen LogP contribution in [-0.2, 0) is 16.0 Å². The Bertz CT molecular complexity index is 1020. The molecule has 0 radical (unpaired) electrons. The van der Waals surface area contributed by atoms with Gasteiger partial charge in [-0.25, -0.2) is 0 Å². The Hall–Kier alpha value is -2.18. The van der Waals surface area contributed by atoms with E-state index in [0.29, 0.717) is 26.2 Å². The summed E-state index contributed by atoms with van der Waals surface area (Å²) in [5.74, 6) is 0.572. The summed E-state index contributed by atoms with van der Waals surface area (Å²) in [5, 5.41) is 2.18. The standard InChI is InChI=1S/C29H41N3O2S/c1-5-7-11-23(6-2)29(34)32-17-16-30(19-22(32)4)27(33)20-31-15-13-26-25(14-18-35-26)28(31)24-12-9-8-10-21(24)3/h8-10,12,14,18,22-23,28H,5-7,11,13,15-17,19-20H2,1-4H3/t22-,23-,28-/m0/s1. The number of rotatable bonds is 8. The third-order valence-electron chi connectivity index (χ3n) is 7.90. The van der Waals surface area contributed by atoms with Gasteiger partial charge in [0.2, 0.25) is 11.8 Å². The predicted octanol–water partition coefficient (Wildman–Crippen LogP) is 5.28. The highest BCUT2D eigenvalue weighted by molar-refractivity contribution is 7.10. The minimum Gasteiger partial charge on any atom is -0.338 e. The molecule has 1 aromatic heterocycles. The molecule has 5 nitrogen and oxygen atoms in total. The molecule has 0 saturated carbocycles. The molecule has 6 heteroatoms. The van der Waals surface area contributed by atoms with E-state index in [2.05, 4.69) is 68.3 Å². The first kappa shape index (κ1) is 25.9. The van der Waals surface area contributed by atoms with Crippen molar-refractivity contribution in [1.82, 2.24) is 14.7 Å². The van der Waals surface area contributed by atoms with Gasteiger partial charge in [0.05, 0.1) is 12.6 Å². The number of thiophene rings is 1. The first-order valence-electron chi connectivity index (χ1n) is 13.4. The van der Waals surface area contributed by atoms with Crippen molar-refractivity contribution in [3.8, 4) is 0 Å². The SMILES string of the molecule is CCCC[C@H](CC)C(=O)N1CCN(C(=O)CN2CCc3sccc3[C@@H]2c2ccccc2C)C[C@@H]1C. The van der Waals surface area contributed by atoms with Crippen LogP contribution in [0.3, 0.4) is 0 Å². The maximum absolute atomic E-state index is 13.5. The molecule has 3 heterocycles. The van der Waals surface area contributed by atoms with Crippen LogP contribution in [0.25, 0.3) is 0 Å². The highest BCUT2D eigenvalue weighted by Crippen LogP contribution is 2.38. The molecule has 4 rings (SSSR count). The fourth-order valence-corrected chi connectivity index (χ4v) is 6.67. The highest BCUT2D eigenvalue weighted by Gasteiger charge is 2.35. The predicted molar refractivity (Wildman–Crippen MR) is 144 cm³/mol. The molecule has 0 N–H and O–H groups in total. The summed E-state index contributed by atoms with van der Waals surface area (Å²) in [5.41, 5.74) is 3.91. The van der Waals surface area contributed by atoms with E-state index >= 15 is 0 Å². The second-order valence-corrected chi connectivity index (χ2v) is 11.2.